The fraction of sp³-hybridized carbons (Fsp3) is 0.818. The highest BCUT2D eigenvalue weighted by atomic mass is 16.5. The highest BCUT2D eigenvalue weighted by Crippen LogP contribution is 2.25. The Labute approximate surface area is 81.2 Å². The van der Waals surface area contributed by atoms with Gasteiger partial charge in [0.1, 0.15) is 0 Å². The van der Waals surface area contributed by atoms with Gasteiger partial charge in [0.2, 0.25) is 0 Å². The molecule has 0 aromatic rings. The minimum Gasteiger partial charge on any atom is -0.785 e. The Hall–Kier alpha value is -0.340. The van der Waals surface area contributed by atoms with Crippen molar-refractivity contribution in [1.82, 2.24) is 5.06 Å². The maximum atomic E-state index is 11.5. The Morgan fingerprint density at radius 2 is 2.15 bits per heavy atom. The summed E-state index contributed by atoms with van der Waals surface area (Å²) in [5, 5.41) is 12.8. The molecule has 76 valence electrons. The molecule has 0 aromatic carbocycles. The van der Waals surface area contributed by atoms with Gasteiger partial charge < -0.3 is 10.3 Å². The summed E-state index contributed by atoms with van der Waals surface area (Å²) < 4.78 is 0. The molecule has 2 heteroatoms. The third-order valence-electron chi connectivity index (χ3n) is 2.76. The van der Waals surface area contributed by atoms with Crippen LogP contribution in [0, 0.1) is 5.21 Å². The van der Waals surface area contributed by atoms with E-state index in [4.69, 9.17) is 0 Å². The summed E-state index contributed by atoms with van der Waals surface area (Å²) >= 11 is 0. The Morgan fingerprint density at radius 3 is 2.62 bits per heavy atom. The monoisotopic (exact) mass is 182 g/mol. The lowest BCUT2D eigenvalue weighted by Gasteiger charge is -2.34. The molecular weight excluding hydrogens is 162 g/mol. The lowest BCUT2D eigenvalue weighted by Crippen LogP contribution is -2.28. The molecule has 13 heavy (non-hydrogen) atoms. The number of hydrogen-bond donors (Lipinski definition) is 0. The smallest absolute Gasteiger partial charge is 0.00207 e. The van der Waals surface area contributed by atoms with Crippen LogP contribution in [0.1, 0.15) is 46.5 Å². The van der Waals surface area contributed by atoms with Crippen LogP contribution < -0.4 is 0 Å². The van der Waals surface area contributed by atoms with Gasteiger partial charge in [0, 0.05) is 0 Å². The van der Waals surface area contributed by atoms with Gasteiger partial charge in [-0.1, -0.05) is 18.6 Å². The second-order valence-corrected chi connectivity index (χ2v) is 4.30. The minimum absolute atomic E-state index is 0.247. The molecule has 0 aliphatic carbocycles. The van der Waals surface area contributed by atoms with E-state index in [0.717, 1.165) is 25.7 Å². The molecular formula is C11H20NO-. The fourth-order valence-corrected chi connectivity index (χ4v) is 1.88. The quantitative estimate of drug-likeness (QED) is 0.627. The highest BCUT2D eigenvalue weighted by Gasteiger charge is 2.22. The molecule has 1 fully saturated rings. The summed E-state index contributed by atoms with van der Waals surface area (Å²) in [5.74, 6) is 0. The average molecular weight is 182 g/mol. The molecule has 1 saturated heterocycles. The van der Waals surface area contributed by atoms with Gasteiger partial charge in [-0.15, -0.1) is 0 Å². The number of allylic oxidation sites excluding steroid dienone is 2. The largest absolute Gasteiger partial charge is 0.785 e. The van der Waals surface area contributed by atoms with E-state index >= 15 is 0 Å². The first-order valence-corrected chi connectivity index (χ1v) is 5.20. The van der Waals surface area contributed by atoms with E-state index in [9.17, 15) is 5.21 Å². The topological polar surface area (TPSA) is 26.3 Å². The number of hydroxylamine groups is 2. The zero-order chi connectivity index (χ0) is 9.84. The lowest BCUT2D eigenvalue weighted by molar-refractivity contribution is 0.280. The third kappa shape index (κ3) is 3.12. The van der Waals surface area contributed by atoms with Crippen LogP contribution in [0.2, 0.25) is 0 Å². The predicted molar refractivity (Wildman–Crippen MR) is 56.4 cm³/mol. The molecule has 2 unspecified atom stereocenters. The van der Waals surface area contributed by atoms with Crippen molar-refractivity contribution in [2.24, 2.45) is 0 Å². The third-order valence-corrected chi connectivity index (χ3v) is 2.76. The minimum atomic E-state index is 0.247. The Bertz CT molecular complexity index is 185. The summed E-state index contributed by atoms with van der Waals surface area (Å²) in [5.41, 5.74) is 1.35. The molecule has 1 aliphatic heterocycles. The standard InChI is InChI=1S/C11H20NO/c1-9(2)5-4-6-11-8-7-10(3)12(11)13/h5,10-11H,4,6-8H2,1-3H3/q-1. The van der Waals surface area contributed by atoms with E-state index in [0.29, 0.717) is 0 Å². The SMILES string of the molecule is CC(C)=CCCC1CCC(C)N1[O-]. The van der Waals surface area contributed by atoms with Crippen molar-refractivity contribution in [2.45, 2.75) is 58.5 Å². The summed E-state index contributed by atoms with van der Waals surface area (Å²) in [7, 11) is 0. The summed E-state index contributed by atoms with van der Waals surface area (Å²) in [4.78, 5) is 0. The van der Waals surface area contributed by atoms with E-state index < -0.39 is 0 Å². The molecule has 0 aromatic heterocycles. The van der Waals surface area contributed by atoms with Crippen molar-refractivity contribution in [2.75, 3.05) is 0 Å². The summed E-state index contributed by atoms with van der Waals surface area (Å²) in [6, 6.07) is 0.530. The predicted octanol–water partition coefficient (Wildman–Crippen LogP) is 3.08. The van der Waals surface area contributed by atoms with Gasteiger partial charge in [0.15, 0.2) is 0 Å². The second kappa shape index (κ2) is 4.77. The average Bonchev–Trinajstić information content (AvgIpc) is 2.35. The van der Waals surface area contributed by atoms with Crippen molar-refractivity contribution in [3.05, 3.63) is 16.9 Å². The molecule has 0 amide bonds. The van der Waals surface area contributed by atoms with Crippen molar-refractivity contribution >= 4 is 0 Å². The van der Waals surface area contributed by atoms with Gasteiger partial charge in [0.25, 0.3) is 0 Å². The Morgan fingerprint density at radius 1 is 1.46 bits per heavy atom. The van der Waals surface area contributed by atoms with Crippen LogP contribution in [0.15, 0.2) is 11.6 Å². The normalized spacial score (nSPS) is 29.2. The zero-order valence-corrected chi connectivity index (χ0v) is 8.92. The number of hydrogen-bond acceptors (Lipinski definition) is 2. The molecule has 1 aliphatic rings. The molecule has 2 nitrogen and oxygen atoms in total. The second-order valence-electron chi connectivity index (χ2n) is 4.30. The van der Waals surface area contributed by atoms with Gasteiger partial charge in [-0.2, -0.15) is 0 Å². The van der Waals surface area contributed by atoms with Crippen LogP contribution in [0.25, 0.3) is 0 Å². The Balaban J connectivity index is 2.26. The van der Waals surface area contributed by atoms with Gasteiger partial charge in [-0.05, 0) is 51.6 Å². The van der Waals surface area contributed by atoms with Gasteiger partial charge in [0.05, 0.1) is 0 Å². The van der Waals surface area contributed by atoms with Crippen LogP contribution in [0.4, 0.5) is 0 Å². The zero-order valence-electron chi connectivity index (χ0n) is 8.92. The molecule has 0 radical (unpaired) electrons. The van der Waals surface area contributed by atoms with Gasteiger partial charge in [-0.25, -0.2) is 0 Å². The molecule has 2 atom stereocenters. The number of nitrogens with zero attached hydrogens (tertiary/aromatic N) is 1. The van der Waals surface area contributed by atoms with Crippen LogP contribution in [0.3, 0.4) is 0 Å². The highest BCUT2D eigenvalue weighted by molar-refractivity contribution is 4.94. The van der Waals surface area contributed by atoms with E-state index in [2.05, 4.69) is 19.9 Å². The lowest BCUT2D eigenvalue weighted by atomic mass is 10.1. The van der Waals surface area contributed by atoms with Crippen LogP contribution in [0.5, 0.6) is 0 Å². The fourth-order valence-electron chi connectivity index (χ4n) is 1.88. The molecule has 0 saturated carbocycles. The first kappa shape index (κ1) is 10.7. The first-order chi connectivity index (χ1) is 6.11. The van der Waals surface area contributed by atoms with Crippen molar-refractivity contribution in [3.63, 3.8) is 0 Å². The van der Waals surface area contributed by atoms with E-state index in [1.54, 1.807) is 0 Å². The van der Waals surface area contributed by atoms with Crippen molar-refractivity contribution in [3.8, 4) is 0 Å². The maximum absolute atomic E-state index is 11.5. The molecule has 0 N–H and O–H groups in total. The van der Waals surface area contributed by atoms with E-state index in [-0.39, 0.29) is 12.1 Å². The molecule has 1 rings (SSSR count). The molecule has 1 heterocycles. The van der Waals surface area contributed by atoms with E-state index in [1.807, 2.05) is 6.92 Å². The van der Waals surface area contributed by atoms with Gasteiger partial charge in [-0.3, -0.25) is 0 Å². The Kier molecular flexibility index (Phi) is 3.94. The molecule has 0 bridgehead atoms. The van der Waals surface area contributed by atoms with Crippen molar-refractivity contribution in [1.29, 1.82) is 0 Å². The first-order valence-electron chi connectivity index (χ1n) is 5.20. The summed E-state index contributed by atoms with van der Waals surface area (Å²) in [6.45, 7) is 6.23. The van der Waals surface area contributed by atoms with Crippen molar-refractivity contribution < 1.29 is 0 Å². The number of rotatable bonds is 3. The van der Waals surface area contributed by atoms with Crippen LogP contribution >= 0.6 is 0 Å². The van der Waals surface area contributed by atoms with Crippen LogP contribution in [-0.4, -0.2) is 17.1 Å². The van der Waals surface area contributed by atoms with E-state index in [1.165, 1.54) is 10.6 Å². The van der Waals surface area contributed by atoms with Gasteiger partial charge >= 0.3 is 0 Å². The van der Waals surface area contributed by atoms with Crippen LogP contribution in [-0.2, 0) is 0 Å². The maximum Gasteiger partial charge on any atom is -0.00207 e. The molecule has 0 spiro atoms. The summed E-state index contributed by atoms with van der Waals surface area (Å²) in [6.07, 6.45) is 6.46.